The highest BCUT2D eigenvalue weighted by Gasteiger charge is 2.20. The Balaban J connectivity index is 2.97. The lowest BCUT2D eigenvalue weighted by atomic mass is 10.3. The number of aryl methyl sites for hydroxylation is 1. The second-order valence-electron chi connectivity index (χ2n) is 2.86. The summed E-state index contributed by atoms with van der Waals surface area (Å²) in [6.45, 7) is 0. The van der Waals surface area contributed by atoms with Gasteiger partial charge in [0, 0.05) is 14.1 Å². The first-order chi connectivity index (χ1) is 6.97. The van der Waals surface area contributed by atoms with Crippen molar-refractivity contribution < 1.29 is 18.4 Å². The van der Waals surface area contributed by atoms with Gasteiger partial charge < -0.3 is 0 Å². The molecule has 1 amide bonds. The fraction of sp³-hybridized carbons (Fsp3) is 0.500. The van der Waals surface area contributed by atoms with Crippen molar-refractivity contribution in [2.75, 3.05) is 14.2 Å². The van der Waals surface area contributed by atoms with E-state index in [0.29, 0.717) is 0 Å². The van der Waals surface area contributed by atoms with Crippen LogP contribution in [0.25, 0.3) is 0 Å². The third-order valence-corrected chi connectivity index (χ3v) is 1.92. The van der Waals surface area contributed by atoms with Crippen LogP contribution in [0.2, 0.25) is 0 Å². The third-order valence-electron chi connectivity index (χ3n) is 1.92. The molecule has 84 valence electrons. The maximum atomic E-state index is 12.4. The first-order valence-corrected chi connectivity index (χ1v) is 4.11. The maximum Gasteiger partial charge on any atom is 0.297 e. The van der Waals surface area contributed by atoms with Crippen molar-refractivity contribution in [3.63, 3.8) is 0 Å². The fourth-order valence-electron chi connectivity index (χ4n) is 1.03. The standard InChI is InChI=1S/C8H11F2N3O2/c1-12-6(7(9)10)4-5(11-12)8(14)13(2)15-3/h4,7H,1-3H3. The zero-order valence-corrected chi connectivity index (χ0v) is 8.57. The first-order valence-electron chi connectivity index (χ1n) is 4.11. The molecule has 0 saturated carbocycles. The van der Waals surface area contributed by atoms with Gasteiger partial charge >= 0.3 is 0 Å². The number of hydrogen-bond donors (Lipinski definition) is 0. The van der Waals surface area contributed by atoms with Crippen molar-refractivity contribution in [1.82, 2.24) is 14.8 Å². The summed E-state index contributed by atoms with van der Waals surface area (Å²) in [6.07, 6.45) is -2.66. The number of nitrogens with zero attached hydrogens (tertiary/aromatic N) is 3. The summed E-state index contributed by atoms with van der Waals surface area (Å²) >= 11 is 0. The molecule has 0 N–H and O–H groups in total. The average molecular weight is 219 g/mol. The van der Waals surface area contributed by atoms with Gasteiger partial charge in [-0.1, -0.05) is 0 Å². The first kappa shape index (κ1) is 11.6. The Morgan fingerprint density at radius 2 is 2.27 bits per heavy atom. The van der Waals surface area contributed by atoms with Crippen molar-refractivity contribution in [1.29, 1.82) is 0 Å². The zero-order valence-electron chi connectivity index (χ0n) is 8.57. The Morgan fingerprint density at radius 3 is 2.67 bits per heavy atom. The van der Waals surface area contributed by atoms with Crippen molar-refractivity contribution in [3.05, 3.63) is 17.5 Å². The summed E-state index contributed by atoms with van der Waals surface area (Å²) in [5.74, 6) is -0.569. The molecule has 0 radical (unpaired) electrons. The molecule has 1 aromatic rings. The van der Waals surface area contributed by atoms with E-state index in [0.717, 1.165) is 15.8 Å². The van der Waals surface area contributed by atoms with Gasteiger partial charge in [-0.2, -0.15) is 5.10 Å². The van der Waals surface area contributed by atoms with Crippen LogP contribution in [0.15, 0.2) is 6.07 Å². The molecule has 15 heavy (non-hydrogen) atoms. The summed E-state index contributed by atoms with van der Waals surface area (Å²) in [4.78, 5) is 16.1. The average Bonchev–Trinajstić information content (AvgIpc) is 2.58. The number of rotatable bonds is 3. The van der Waals surface area contributed by atoms with Crippen LogP contribution in [-0.2, 0) is 11.9 Å². The van der Waals surface area contributed by atoms with E-state index >= 15 is 0 Å². The largest absolute Gasteiger partial charge is 0.297 e. The second-order valence-corrected chi connectivity index (χ2v) is 2.86. The van der Waals surface area contributed by atoms with Crippen molar-refractivity contribution in [3.8, 4) is 0 Å². The molecule has 0 aliphatic heterocycles. The molecule has 1 rings (SSSR count). The minimum atomic E-state index is -2.66. The highest BCUT2D eigenvalue weighted by Crippen LogP contribution is 2.19. The SMILES string of the molecule is CON(C)C(=O)c1cc(C(F)F)n(C)n1. The van der Waals surface area contributed by atoms with Crippen molar-refractivity contribution in [2.24, 2.45) is 7.05 Å². The van der Waals surface area contributed by atoms with E-state index in [-0.39, 0.29) is 11.4 Å². The molecule has 1 aromatic heterocycles. The lowest BCUT2D eigenvalue weighted by Crippen LogP contribution is -2.25. The summed E-state index contributed by atoms with van der Waals surface area (Å²) in [5, 5.41) is 4.58. The molecule has 5 nitrogen and oxygen atoms in total. The topological polar surface area (TPSA) is 47.4 Å². The van der Waals surface area contributed by atoms with Gasteiger partial charge in [0.25, 0.3) is 12.3 Å². The van der Waals surface area contributed by atoms with Crippen LogP contribution >= 0.6 is 0 Å². The molecule has 0 saturated heterocycles. The number of hydroxylamine groups is 2. The van der Waals surface area contributed by atoms with Crippen LogP contribution in [0.4, 0.5) is 8.78 Å². The molecule has 0 atom stereocenters. The van der Waals surface area contributed by atoms with E-state index in [4.69, 9.17) is 0 Å². The van der Waals surface area contributed by atoms with Gasteiger partial charge in [0.1, 0.15) is 5.69 Å². The van der Waals surface area contributed by atoms with Crippen LogP contribution in [0, 0.1) is 0 Å². The Bertz CT molecular complexity index is 365. The van der Waals surface area contributed by atoms with Crippen LogP contribution in [0.3, 0.4) is 0 Å². The predicted octanol–water partition coefficient (Wildman–Crippen LogP) is 0.991. The van der Waals surface area contributed by atoms with Gasteiger partial charge in [-0.05, 0) is 6.07 Å². The molecule has 0 spiro atoms. The van der Waals surface area contributed by atoms with Gasteiger partial charge in [-0.3, -0.25) is 14.3 Å². The Kier molecular flexibility index (Phi) is 3.35. The van der Waals surface area contributed by atoms with Gasteiger partial charge in [-0.15, -0.1) is 0 Å². The highest BCUT2D eigenvalue weighted by molar-refractivity contribution is 5.91. The maximum absolute atomic E-state index is 12.4. The van der Waals surface area contributed by atoms with Gasteiger partial charge in [-0.25, -0.2) is 13.8 Å². The minimum Gasteiger partial charge on any atom is -0.274 e. The molecule has 0 aliphatic carbocycles. The molecule has 0 fully saturated rings. The number of carbonyl (C=O) groups excluding carboxylic acids is 1. The lowest BCUT2D eigenvalue weighted by Gasteiger charge is -2.10. The second kappa shape index (κ2) is 4.35. The van der Waals surface area contributed by atoms with E-state index in [1.807, 2.05) is 0 Å². The van der Waals surface area contributed by atoms with Crippen LogP contribution in [-0.4, -0.2) is 34.9 Å². The number of aromatic nitrogens is 2. The molecule has 0 bridgehead atoms. The third kappa shape index (κ3) is 2.30. The normalized spacial score (nSPS) is 10.8. The Labute approximate surface area is 85.2 Å². The predicted molar refractivity (Wildman–Crippen MR) is 47.3 cm³/mol. The molecule has 1 heterocycles. The molecular formula is C8H11F2N3O2. The highest BCUT2D eigenvalue weighted by atomic mass is 19.3. The number of alkyl halides is 2. The van der Waals surface area contributed by atoms with Crippen LogP contribution in [0.1, 0.15) is 22.6 Å². The van der Waals surface area contributed by atoms with Crippen molar-refractivity contribution in [2.45, 2.75) is 6.43 Å². The monoisotopic (exact) mass is 219 g/mol. The summed E-state index contributed by atoms with van der Waals surface area (Å²) < 4.78 is 25.7. The summed E-state index contributed by atoms with van der Waals surface area (Å²) in [5.41, 5.74) is -0.375. The number of halogens is 2. The lowest BCUT2D eigenvalue weighted by molar-refractivity contribution is -0.0760. The Morgan fingerprint density at radius 1 is 1.67 bits per heavy atom. The zero-order chi connectivity index (χ0) is 11.6. The van der Waals surface area contributed by atoms with Gasteiger partial charge in [0.15, 0.2) is 5.69 Å². The van der Waals surface area contributed by atoms with Crippen molar-refractivity contribution >= 4 is 5.91 Å². The molecular weight excluding hydrogens is 208 g/mol. The molecule has 0 aromatic carbocycles. The van der Waals surface area contributed by atoms with E-state index in [1.54, 1.807) is 0 Å². The smallest absolute Gasteiger partial charge is 0.274 e. The van der Waals surface area contributed by atoms with Gasteiger partial charge in [0.05, 0.1) is 7.11 Å². The van der Waals surface area contributed by atoms with E-state index in [2.05, 4.69) is 9.94 Å². The van der Waals surface area contributed by atoms with E-state index in [9.17, 15) is 13.6 Å². The number of carbonyl (C=O) groups is 1. The van der Waals surface area contributed by atoms with E-state index in [1.165, 1.54) is 21.2 Å². The van der Waals surface area contributed by atoms with Gasteiger partial charge in [0.2, 0.25) is 0 Å². The summed E-state index contributed by atoms with van der Waals surface area (Å²) in [7, 11) is 4.03. The quantitative estimate of drug-likeness (QED) is 0.712. The number of hydrogen-bond acceptors (Lipinski definition) is 3. The fourth-order valence-corrected chi connectivity index (χ4v) is 1.03. The molecule has 7 heteroatoms. The molecule has 0 aliphatic rings. The van der Waals surface area contributed by atoms with Crippen LogP contribution in [0.5, 0.6) is 0 Å². The van der Waals surface area contributed by atoms with E-state index < -0.39 is 12.3 Å². The number of amides is 1. The Hall–Kier alpha value is -1.50. The minimum absolute atomic E-state index is 0.0721. The molecule has 0 unspecified atom stereocenters. The van der Waals surface area contributed by atoms with Crippen LogP contribution < -0.4 is 0 Å². The summed E-state index contributed by atoms with van der Waals surface area (Å²) in [6, 6.07) is 1.04.